The molecule has 108 valence electrons. The van der Waals surface area contributed by atoms with Crippen LogP contribution in [0.2, 0.25) is 0 Å². The molecule has 0 amide bonds. The maximum Gasteiger partial charge on any atom is 0.164 e. The van der Waals surface area contributed by atoms with E-state index in [4.69, 9.17) is 10.8 Å². The third kappa shape index (κ3) is 1.88. The second-order valence-corrected chi connectivity index (χ2v) is 5.78. The Balaban J connectivity index is 1.94. The first kappa shape index (κ1) is 12.3. The summed E-state index contributed by atoms with van der Waals surface area (Å²) in [5, 5.41) is 9.93. The molecule has 3 aromatic heterocycles. The van der Waals surface area contributed by atoms with Crippen LogP contribution in [0.25, 0.3) is 22.3 Å². The zero-order chi connectivity index (χ0) is 14.6. The SMILES string of the molecule is CC(C)n1nc(-c2cnn(C3CC3)c2)c2c(N)ncnc21. The van der Waals surface area contributed by atoms with Gasteiger partial charge >= 0.3 is 0 Å². The predicted molar refractivity (Wildman–Crippen MR) is 79.6 cm³/mol. The van der Waals surface area contributed by atoms with E-state index >= 15 is 0 Å². The monoisotopic (exact) mass is 283 g/mol. The van der Waals surface area contributed by atoms with Crippen LogP contribution in [0.5, 0.6) is 0 Å². The van der Waals surface area contributed by atoms with E-state index in [0.29, 0.717) is 11.9 Å². The van der Waals surface area contributed by atoms with E-state index in [1.54, 1.807) is 0 Å². The molecule has 0 unspecified atom stereocenters. The normalized spacial score (nSPS) is 15.2. The van der Waals surface area contributed by atoms with Gasteiger partial charge < -0.3 is 5.73 Å². The third-order valence-electron chi connectivity index (χ3n) is 3.80. The van der Waals surface area contributed by atoms with Crippen LogP contribution in [0.1, 0.15) is 38.8 Å². The summed E-state index contributed by atoms with van der Waals surface area (Å²) in [6, 6.07) is 0.750. The van der Waals surface area contributed by atoms with Crippen molar-refractivity contribution in [2.24, 2.45) is 0 Å². The number of nitrogens with two attached hydrogens (primary N) is 1. The number of aromatic nitrogens is 6. The quantitative estimate of drug-likeness (QED) is 0.796. The topological polar surface area (TPSA) is 87.4 Å². The van der Waals surface area contributed by atoms with Crippen LogP contribution < -0.4 is 5.73 Å². The van der Waals surface area contributed by atoms with Gasteiger partial charge in [0.05, 0.1) is 17.6 Å². The zero-order valence-corrected chi connectivity index (χ0v) is 12.1. The molecule has 0 aromatic carbocycles. The minimum atomic E-state index is 0.203. The van der Waals surface area contributed by atoms with Crippen molar-refractivity contribution in [1.29, 1.82) is 0 Å². The van der Waals surface area contributed by atoms with Crippen molar-refractivity contribution in [3.8, 4) is 11.3 Å². The van der Waals surface area contributed by atoms with Crippen LogP contribution in [-0.2, 0) is 0 Å². The summed E-state index contributed by atoms with van der Waals surface area (Å²) in [6.45, 7) is 4.14. The van der Waals surface area contributed by atoms with Crippen molar-refractivity contribution in [2.45, 2.75) is 38.8 Å². The molecule has 0 atom stereocenters. The number of nitrogen functional groups attached to an aromatic ring is 1. The van der Waals surface area contributed by atoms with Crippen molar-refractivity contribution in [2.75, 3.05) is 5.73 Å². The average Bonchev–Trinajstić information content (AvgIpc) is 3.05. The van der Waals surface area contributed by atoms with Gasteiger partial charge in [-0.2, -0.15) is 10.2 Å². The van der Waals surface area contributed by atoms with Gasteiger partial charge in [-0.1, -0.05) is 0 Å². The Morgan fingerprint density at radius 1 is 1.29 bits per heavy atom. The van der Waals surface area contributed by atoms with Gasteiger partial charge in [-0.3, -0.25) is 4.68 Å². The first-order valence-electron chi connectivity index (χ1n) is 7.18. The second kappa shape index (κ2) is 4.28. The van der Waals surface area contributed by atoms with E-state index in [0.717, 1.165) is 22.3 Å². The fourth-order valence-electron chi connectivity index (χ4n) is 2.56. The molecule has 3 aromatic rings. The standard InChI is InChI=1S/C14H17N7/c1-8(2)21-14-11(13(15)16-7-17-14)12(19-21)9-5-18-20(6-9)10-3-4-10/h5-8,10H,3-4H2,1-2H3,(H2,15,16,17). The summed E-state index contributed by atoms with van der Waals surface area (Å²) in [6.07, 6.45) is 7.77. The highest BCUT2D eigenvalue weighted by atomic mass is 15.3. The molecule has 7 heteroatoms. The Morgan fingerprint density at radius 3 is 2.81 bits per heavy atom. The van der Waals surface area contributed by atoms with E-state index in [1.165, 1.54) is 19.2 Å². The number of rotatable bonds is 3. The van der Waals surface area contributed by atoms with Gasteiger partial charge in [0.25, 0.3) is 0 Å². The van der Waals surface area contributed by atoms with E-state index in [-0.39, 0.29) is 6.04 Å². The number of hydrogen-bond acceptors (Lipinski definition) is 5. The summed E-state index contributed by atoms with van der Waals surface area (Å²) in [4.78, 5) is 8.45. The third-order valence-corrected chi connectivity index (χ3v) is 3.80. The van der Waals surface area contributed by atoms with Crippen LogP contribution in [0, 0.1) is 0 Å². The first-order valence-corrected chi connectivity index (χ1v) is 7.18. The summed E-state index contributed by atoms with van der Waals surface area (Å²) in [7, 11) is 0. The van der Waals surface area contributed by atoms with Crippen LogP contribution in [0.3, 0.4) is 0 Å². The largest absolute Gasteiger partial charge is 0.383 e. The molecule has 0 spiro atoms. The van der Waals surface area contributed by atoms with Crippen LogP contribution in [-0.4, -0.2) is 29.5 Å². The summed E-state index contributed by atoms with van der Waals surface area (Å²) < 4.78 is 3.90. The molecule has 0 radical (unpaired) electrons. The Hall–Kier alpha value is -2.44. The molecule has 21 heavy (non-hydrogen) atoms. The number of nitrogens with zero attached hydrogens (tertiary/aromatic N) is 6. The smallest absolute Gasteiger partial charge is 0.164 e. The molecule has 2 N–H and O–H groups in total. The highest BCUT2D eigenvalue weighted by molar-refractivity contribution is 5.98. The molecule has 0 bridgehead atoms. The highest BCUT2D eigenvalue weighted by Crippen LogP contribution is 2.36. The second-order valence-electron chi connectivity index (χ2n) is 5.78. The van der Waals surface area contributed by atoms with Gasteiger partial charge in [-0.15, -0.1) is 0 Å². The molecule has 0 aliphatic heterocycles. The molecular weight excluding hydrogens is 266 g/mol. The van der Waals surface area contributed by atoms with Gasteiger partial charge in [0, 0.05) is 17.8 Å². The zero-order valence-electron chi connectivity index (χ0n) is 12.1. The van der Waals surface area contributed by atoms with Crippen molar-refractivity contribution >= 4 is 16.9 Å². The lowest BCUT2D eigenvalue weighted by Gasteiger charge is -2.05. The average molecular weight is 283 g/mol. The maximum atomic E-state index is 6.06. The Labute approximate surface area is 121 Å². The van der Waals surface area contributed by atoms with E-state index in [2.05, 4.69) is 28.9 Å². The number of anilines is 1. The molecule has 1 aliphatic carbocycles. The highest BCUT2D eigenvalue weighted by Gasteiger charge is 2.26. The van der Waals surface area contributed by atoms with Crippen LogP contribution in [0.15, 0.2) is 18.7 Å². The first-order chi connectivity index (χ1) is 10.1. The lowest BCUT2D eigenvalue weighted by molar-refractivity contribution is 0.548. The van der Waals surface area contributed by atoms with Crippen molar-refractivity contribution in [3.05, 3.63) is 18.7 Å². The molecule has 4 rings (SSSR count). The van der Waals surface area contributed by atoms with Crippen LogP contribution in [0.4, 0.5) is 5.82 Å². The molecular formula is C14H17N7. The number of hydrogen-bond donors (Lipinski definition) is 1. The molecule has 0 saturated heterocycles. The van der Waals surface area contributed by atoms with Crippen LogP contribution >= 0.6 is 0 Å². The van der Waals surface area contributed by atoms with Crippen molar-refractivity contribution in [1.82, 2.24) is 29.5 Å². The lowest BCUT2D eigenvalue weighted by Crippen LogP contribution is -2.04. The molecule has 3 heterocycles. The summed E-state index contributed by atoms with van der Waals surface area (Å²) >= 11 is 0. The fourth-order valence-corrected chi connectivity index (χ4v) is 2.56. The van der Waals surface area contributed by atoms with Crippen molar-refractivity contribution in [3.63, 3.8) is 0 Å². The predicted octanol–water partition coefficient (Wildman–Crippen LogP) is 2.19. The lowest BCUT2D eigenvalue weighted by atomic mass is 10.2. The Bertz CT molecular complexity index is 810. The Morgan fingerprint density at radius 2 is 2.10 bits per heavy atom. The van der Waals surface area contributed by atoms with Crippen molar-refractivity contribution < 1.29 is 0 Å². The van der Waals surface area contributed by atoms with Gasteiger partial charge in [0.15, 0.2) is 5.65 Å². The van der Waals surface area contributed by atoms with E-state index < -0.39 is 0 Å². The minimum Gasteiger partial charge on any atom is -0.383 e. The van der Waals surface area contributed by atoms with E-state index in [1.807, 2.05) is 21.8 Å². The van der Waals surface area contributed by atoms with Gasteiger partial charge in [0.1, 0.15) is 17.8 Å². The summed E-state index contributed by atoms with van der Waals surface area (Å²) in [5.74, 6) is 0.459. The van der Waals surface area contributed by atoms with Gasteiger partial charge in [-0.25, -0.2) is 14.6 Å². The van der Waals surface area contributed by atoms with Gasteiger partial charge in [-0.05, 0) is 26.7 Å². The number of fused-ring (bicyclic) bond motifs is 1. The molecule has 1 fully saturated rings. The van der Waals surface area contributed by atoms with E-state index in [9.17, 15) is 0 Å². The minimum absolute atomic E-state index is 0.203. The maximum absolute atomic E-state index is 6.06. The Kier molecular flexibility index (Phi) is 2.51. The fraction of sp³-hybridized carbons (Fsp3) is 0.429. The molecule has 1 saturated carbocycles. The molecule has 1 aliphatic rings. The van der Waals surface area contributed by atoms with Gasteiger partial charge in [0.2, 0.25) is 0 Å². The molecule has 7 nitrogen and oxygen atoms in total. The summed E-state index contributed by atoms with van der Waals surface area (Å²) in [5.41, 5.74) is 8.60.